The smallest absolute Gasteiger partial charge is 0.288 e. The van der Waals surface area contributed by atoms with E-state index in [0.717, 1.165) is 13.1 Å². The maximum Gasteiger partial charge on any atom is 0.288 e. The lowest BCUT2D eigenvalue weighted by Crippen LogP contribution is -2.48. The highest BCUT2D eigenvalue weighted by molar-refractivity contribution is 7.99. The summed E-state index contributed by atoms with van der Waals surface area (Å²) in [5.41, 5.74) is 0.315. The second-order valence-electron chi connectivity index (χ2n) is 4.11. The van der Waals surface area contributed by atoms with E-state index in [1.54, 1.807) is 18.2 Å². The molecule has 0 bridgehead atoms. The molecule has 3 nitrogen and oxygen atoms in total. The van der Waals surface area contributed by atoms with Crippen LogP contribution in [0.25, 0.3) is 0 Å². The van der Waals surface area contributed by atoms with Crippen molar-refractivity contribution in [3.63, 3.8) is 0 Å². The lowest BCUT2D eigenvalue weighted by atomic mass is 10.0. The molecule has 19 heavy (non-hydrogen) atoms. The molecule has 1 aromatic carbocycles. The fourth-order valence-corrected chi connectivity index (χ4v) is 2.31. The molecular formula is C12H15ClF2N2OS. The Labute approximate surface area is 120 Å². The molecule has 1 amide bonds. The van der Waals surface area contributed by atoms with E-state index in [9.17, 15) is 13.6 Å². The minimum absolute atomic E-state index is 0. The third-order valence-electron chi connectivity index (χ3n) is 2.77. The molecule has 0 spiro atoms. The predicted molar refractivity (Wildman–Crippen MR) is 74.2 cm³/mol. The van der Waals surface area contributed by atoms with Gasteiger partial charge in [0, 0.05) is 30.4 Å². The van der Waals surface area contributed by atoms with Gasteiger partial charge in [-0.15, -0.1) is 12.4 Å². The van der Waals surface area contributed by atoms with Gasteiger partial charge in [0.2, 0.25) is 0 Å². The second-order valence-corrected chi connectivity index (χ2v) is 5.14. The normalized spacial score (nSPS) is 14.7. The highest BCUT2D eigenvalue weighted by Crippen LogP contribution is 2.28. The summed E-state index contributed by atoms with van der Waals surface area (Å²) < 4.78 is 24.7. The van der Waals surface area contributed by atoms with Gasteiger partial charge in [-0.1, -0.05) is 23.9 Å². The zero-order chi connectivity index (χ0) is 13.0. The molecular weight excluding hydrogens is 294 g/mol. The Bertz CT molecular complexity index is 430. The molecule has 1 aliphatic rings. The number of amides is 1. The highest BCUT2D eigenvalue weighted by atomic mass is 35.5. The van der Waals surface area contributed by atoms with Gasteiger partial charge in [-0.05, 0) is 12.1 Å². The monoisotopic (exact) mass is 308 g/mol. The molecule has 1 saturated heterocycles. The van der Waals surface area contributed by atoms with Crippen molar-refractivity contribution in [3.05, 3.63) is 29.8 Å². The first-order chi connectivity index (χ1) is 8.66. The molecule has 0 unspecified atom stereocenters. The molecule has 1 aromatic rings. The van der Waals surface area contributed by atoms with Crippen LogP contribution in [0.5, 0.6) is 0 Å². The van der Waals surface area contributed by atoms with Gasteiger partial charge in [-0.25, -0.2) is 0 Å². The van der Waals surface area contributed by atoms with Crippen molar-refractivity contribution in [1.82, 2.24) is 10.6 Å². The summed E-state index contributed by atoms with van der Waals surface area (Å²) in [6, 6.07) is 6.43. The fourth-order valence-electron chi connectivity index (χ4n) is 1.68. The first-order valence-corrected chi connectivity index (χ1v) is 6.57. The number of alkyl halides is 2. The van der Waals surface area contributed by atoms with Crippen LogP contribution in [0.15, 0.2) is 29.2 Å². The summed E-state index contributed by atoms with van der Waals surface area (Å²) >= 11 is 0.401. The number of hydrogen-bond donors (Lipinski definition) is 2. The van der Waals surface area contributed by atoms with Crippen LogP contribution in [0.1, 0.15) is 10.4 Å². The van der Waals surface area contributed by atoms with Crippen LogP contribution in [0.2, 0.25) is 0 Å². The van der Waals surface area contributed by atoms with Gasteiger partial charge >= 0.3 is 0 Å². The largest absolute Gasteiger partial charge is 0.352 e. The molecule has 0 saturated carbocycles. The van der Waals surface area contributed by atoms with Crippen molar-refractivity contribution in [2.24, 2.45) is 5.92 Å². The Morgan fingerprint density at radius 2 is 2.11 bits per heavy atom. The molecule has 7 heteroatoms. The summed E-state index contributed by atoms with van der Waals surface area (Å²) in [4.78, 5) is 12.2. The SMILES string of the molecule is Cl.O=C(NCC1CNC1)c1ccccc1SC(F)F. The average Bonchev–Trinajstić information content (AvgIpc) is 2.26. The molecule has 1 aliphatic heterocycles. The number of carbonyl (C=O) groups is 1. The standard InChI is InChI=1S/C12H14F2N2OS.ClH/c13-12(14)18-10-4-2-1-3-9(10)11(17)16-7-8-5-15-6-8;/h1-4,8,12,15H,5-7H2,(H,16,17);1H. The maximum atomic E-state index is 12.4. The van der Waals surface area contributed by atoms with Crippen LogP contribution in [0, 0.1) is 5.92 Å². The van der Waals surface area contributed by atoms with E-state index in [4.69, 9.17) is 0 Å². The molecule has 0 atom stereocenters. The first-order valence-electron chi connectivity index (χ1n) is 5.69. The highest BCUT2D eigenvalue weighted by Gasteiger charge is 2.19. The third-order valence-corrected chi connectivity index (χ3v) is 3.55. The molecule has 1 fully saturated rings. The van der Waals surface area contributed by atoms with Crippen molar-refractivity contribution in [1.29, 1.82) is 0 Å². The molecule has 2 rings (SSSR count). The van der Waals surface area contributed by atoms with E-state index in [2.05, 4.69) is 10.6 Å². The van der Waals surface area contributed by atoms with Crippen molar-refractivity contribution < 1.29 is 13.6 Å². The second kappa shape index (κ2) is 7.67. The number of rotatable bonds is 5. The minimum atomic E-state index is -2.52. The number of nitrogens with one attached hydrogen (secondary N) is 2. The van der Waals surface area contributed by atoms with E-state index in [1.165, 1.54) is 6.07 Å². The quantitative estimate of drug-likeness (QED) is 0.821. The Morgan fingerprint density at radius 1 is 1.42 bits per heavy atom. The zero-order valence-electron chi connectivity index (χ0n) is 10.1. The Morgan fingerprint density at radius 3 is 2.68 bits per heavy atom. The van der Waals surface area contributed by atoms with Gasteiger partial charge in [-0.2, -0.15) is 8.78 Å². The van der Waals surface area contributed by atoms with Gasteiger partial charge in [0.25, 0.3) is 11.7 Å². The minimum Gasteiger partial charge on any atom is -0.352 e. The van der Waals surface area contributed by atoms with E-state index in [-0.39, 0.29) is 18.3 Å². The van der Waals surface area contributed by atoms with Gasteiger partial charge in [0.1, 0.15) is 0 Å². The lowest BCUT2D eigenvalue weighted by Gasteiger charge is -2.27. The Balaban J connectivity index is 0.00000180. The van der Waals surface area contributed by atoms with Crippen LogP contribution in [-0.4, -0.2) is 31.3 Å². The van der Waals surface area contributed by atoms with Crippen LogP contribution in [-0.2, 0) is 0 Å². The predicted octanol–water partition coefficient (Wildman–Crippen LogP) is 2.37. The molecule has 0 aromatic heterocycles. The summed E-state index contributed by atoms with van der Waals surface area (Å²) in [7, 11) is 0. The molecule has 0 aliphatic carbocycles. The zero-order valence-corrected chi connectivity index (χ0v) is 11.7. The van der Waals surface area contributed by atoms with Crippen LogP contribution < -0.4 is 10.6 Å². The van der Waals surface area contributed by atoms with Crippen molar-refractivity contribution in [3.8, 4) is 0 Å². The number of halogens is 3. The summed E-state index contributed by atoms with van der Waals surface area (Å²) in [6.45, 7) is 2.38. The van der Waals surface area contributed by atoms with Crippen LogP contribution in [0.3, 0.4) is 0 Å². The topological polar surface area (TPSA) is 41.1 Å². The van der Waals surface area contributed by atoms with E-state index in [1.807, 2.05) is 0 Å². The summed E-state index contributed by atoms with van der Waals surface area (Å²) in [5, 5.41) is 5.88. The van der Waals surface area contributed by atoms with E-state index >= 15 is 0 Å². The van der Waals surface area contributed by atoms with E-state index < -0.39 is 5.76 Å². The summed E-state index contributed by atoms with van der Waals surface area (Å²) in [6.07, 6.45) is 0. The molecule has 2 N–H and O–H groups in total. The number of carbonyl (C=O) groups excluding carboxylic acids is 1. The van der Waals surface area contributed by atoms with E-state index in [0.29, 0.717) is 34.7 Å². The van der Waals surface area contributed by atoms with Crippen LogP contribution >= 0.6 is 24.2 Å². The third kappa shape index (κ3) is 4.63. The molecule has 106 valence electrons. The average molecular weight is 309 g/mol. The van der Waals surface area contributed by atoms with Crippen molar-refractivity contribution in [2.75, 3.05) is 19.6 Å². The van der Waals surface area contributed by atoms with Gasteiger partial charge in [0.15, 0.2) is 0 Å². The number of thioether (sulfide) groups is 1. The molecule has 0 radical (unpaired) electrons. The van der Waals surface area contributed by atoms with Gasteiger partial charge in [0.05, 0.1) is 5.56 Å². The van der Waals surface area contributed by atoms with Gasteiger partial charge < -0.3 is 10.6 Å². The summed E-state index contributed by atoms with van der Waals surface area (Å²) in [5.74, 6) is -2.36. The van der Waals surface area contributed by atoms with Crippen molar-refractivity contribution in [2.45, 2.75) is 10.7 Å². The Hall–Kier alpha value is -0.850. The molecule has 1 heterocycles. The van der Waals surface area contributed by atoms with Crippen LogP contribution in [0.4, 0.5) is 8.78 Å². The van der Waals surface area contributed by atoms with Gasteiger partial charge in [-0.3, -0.25) is 4.79 Å². The number of benzene rings is 1. The van der Waals surface area contributed by atoms with Crippen molar-refractivity contribution >= 4 is 30.1 Å². The maximum absolute atomic E-state index is 12.4. The Kier molecular flexibility index (Phi) is 6.54. The fraction of sp³-hybridized carbons (Fsp3) is 0.417. The first kappa shape index (κ1) is 16.2. The number of hydrogen-bond acceptors (Lipinski definition) is 3. The lowest BCUT2D eigenvalue weighted by molar-refractivity contribution is 0.0939.